The molecule has 1 fully saturated rings. The van der Waals surface area contributed by atoms with Gasteiger partial charge in [0, 0.05) is 43.0 Å². The number of fused-ring (bicyclic) bond motifs is 2. The van der Waals surface area contributed by atoms with Gasteiger partial charge >= 0.3 is 0 Å². The first kappa shape index (κ1) is 42.4. The molecule has 1 saturated heterocycles. The Hall–Kier alpha value is -6.73. The fourth-order valence-electron chi connectivity index (χ4n) is 6.74. The Morgan fingerprint density at radius 2 is 1.56 bits per heavy atom. The summed E-state index contributed by atoms with van der Waals surface area (Å²) in [5.74, 6) is -1.52. The number of aromatic nitrogens is 3. The zero-order valence-corrected chi connectivity index (χ0v) is 33.4. The van der Waals surface area contributed by atoms with Gasteiger partial charge in [0.1, 0.15) is 35.3 Å². The fraction of sp³-hybridized carbons (Fsp3) is 0.286. The smallest absolute Gasteiger partial charge is 0.264 e. The number of anilines is 2. The van der Waals surface area contributed by atoms with Crippen LogP contribution in [0.4, 0.5) is 11.5 Å². The summed E-state index contributed by atoms with van der Waals surface area (Å²) in [6.07, 6.45) is 2.98. The molecular weight excluding hydrogens is 812 g/mol. The number of ketones is 1. The molecule has 0 bridgehead atoms. The SMILES string of the molecule is O=C(CNc1ncnc2[nH]cc(C(=O)c3ccc(Oc4ccccc4)cc3Cl)c12)NCCOCCOCCOCCNc1cccc2c1C(=O)N(C1CCC(=O)NC1=O)C2=O. The van der Waals surface area contributed by atoms with Crippen molar-refractivity contribution in [1.29, 1.82) is 0 Å². The Morgan fingerprint density at radius 3 is 2.31 bits per heavy atom. The van der Waals surface area contributed by atoms with Gasteiger partial charge in [-0.1, -0.05) is 35.9 Å². The number of ether oxygens (including phenoxy) is 4. The molecule has 7 rings (SSSR count). The van der Waals surface area contributed by atoms with Crippen LogP contribution < -0.4 is 26.0 Å². The first-order valence-electron chi connectivity index (χ1n) is 19.4. The van der Waals surface area contributed by atoms with Crippen LogP contribution in [-0.2, 0) is 28.6 Å². The predicted octanol–water partition coefficient (Wildman–Crippen LogP) is 3.73. The number of carbonyl (C=O) groups is 6. The molecule has 0 radical (unpaired) electrons. The molecular formula is C42H41ClN8O10. The van der Waals surface area contributed by atoms with Crippen LogP contribution in [0, 0.1) is 0 Å². The number of hydrogen-bond donors (Lipinski definition) is 5. The van der Waals surface area contributed by atoms with E-state index in [-0.39, 0.29) is 71.5 Å². The molecule has 61 heavy (non-hydrogen) atoms. The van der Waals surface area contributed by atoms with Crippen molar-refractivity contribution in [3.8, 4) is 11.5 Å². The van der Waals surface area contributed by atoms with E-state index in [1.165, 1.54) is 18.6 Å². The number of nitrogens with zero attached hydrogens (tertiary/aromatic N) is 3. The minimum Gasteiger partial charge on any atom is -0.457 e. The second-order valence-corrected chi connectivity index (χ2v) is 14.1. The average molecular weight is 853 g/mol. The monoisotopic (exact) mass is 852 g/mol. The van der Waals surface area contributed by atoms with Gasteiger partial charge in [-0.15, -0.1) is 0 Å². The number of carbonyl (C=O) groups excluding carboxylic acids is 6. The number of para-hydroxylation sites is 1. The summed E-state index contributed by atoms with van der Waals surface area (Å²) in [4.78, 5) is 88.7. The van der Waals surface area contributed by atoms with Gasteiger partial charge in [-0.25, -0.2) is 9.97 Å². The normalized spacial score (nSPS) is 14.8. The standard InChI is InChI=1S/C42H41ClN8O10/c43-30-21-26(61-25-5-2-1-3-6-25)9-10-27(30)37(54)29-22-46-38-36(29)39(49-24-48-38)47-23-34(53)45-14-16-59-18-20-60-19-17-58-15-13-44-31-8-4-7-28-35(31)42(57)51(41(28)56)32-11-12-33(52)50-40(32)55/h1-10,21-22,24,32,44H,11-20,23H2,(H,45,53)(H,50,52,55)(H2,46,47,48,49). The molecule has 19 heteroatoms. The Morgan fingerprint density at radius 1 is 0.803 bits per heavy atom. The zero-order valence-electron chi connectivity index (χ0n) is 32.7. The average Bonchev–Trinajstić information content (AvgIpc) is 3.81. The molecule has 0 aliphatic carbocycles. The molecule has 4 heterocycles. The molecule has 1 atom stereocenters. The summed E-state index contributed by atoms with van der Waals surface area (Å²) in [5.41, 5.74) is 1.77. The fourth-order valence-corrected chi connectivity index (χ4v) is 7.00. The third kappa shape index (κ3) is 10.2. The van der Waals surface area contributed by atoms with Crippen LogP contribution in [0.2, 0.25) is 5.02 Å². The molecule has 2 aromatic heterocycles. The molecule has 2 aliphatic rings. The van der Waals surface area contributed by atoms with Gasteiger partial charge in [-0.2, -0.15) is 0 Å². The minimum absolute atomic E-state index is 0.0453. The van der Waals surface area contributed by atoms with Gasteiger partial charge in [-0.3, -0.25) is 39.0 Å². The van der Waals surface area contributed by atoms with Gasteiger partial charge < -0.3 is 39.9 Å². The molecule has 0 saturated carbocycles. The lowest BCUT2D eigenvalue weighted by Gasteiger charge is -2.27. The van der Waals surface area contributed by atoms with Crippen LogP contribution in [-0.4, -0.2) is 120 Å². The third-order valence-corrected chi connectivity index (χ3v) is 9.95. The van der Waals surface area contributed by atoms with E-state index < -0.39 is 29.7 Å². The maximum Gasteiger partial charge on any atom is 0.264 e. The Bertz CT molecular complexity index is 2450. The maximum atomic E-state index is 13.6. The highest BCUT2D eigenvalue weighted by molar-refractivity contribution is 6.36. The van der Waals surface area contributed by atoms with Crippen LogP contribution >= 0.6 is 11.6 Å². The van der Waals surface area contributed by atoms with E-state index in [1.54, 1.807) is 30.3 Å². The molecule has 5 N–H and O–H groups in total. The second-order valence-electron chi connectivity index (χ2n) is 13.7. The lowest BCUT2D eigenvalue weighted by Crippen LogP contribution is -2.54. The van der Waals surface area contributed by atoms with E-state index >= 15 is 0 Å². The number of nitrogens with one attached hydrogen (secondary N) is 5. The maximum absolute atomic E-state index is 13.6. The third-order valence-electron chi connectivity index (χ3n) is 9.64. The number of imide groups is 2. The van der Waals surface area contributed by atoms with Crippen LogP contribution in [0.1, 0.15) is 49.5 Å². The summed E-state index contributed by atoms with van der Waals surface area (Å²) in [6, 6.07) is 17.8. The summed E-state index contributed by atoms with van der Waals surface area (Å²) in [6.45, 7) is 2.25. The highest BCUT2D eigenvalue weighted by Gasteiger charge is 2.45. The van der Waals surface area contributed by atoms with E-state index in [2.05, 4.69) is 36.2 Å². The Kier molecular flexibility index (Phi) is 13.9. The number of benzene rings is 3. The van der Waals surface area contributed by atoms with Gasteiger partial charge in [-0.05, 0) is 42.8 Å². The van der Waals surface area contributed by atoms with Crippen molar-refractivity contribution in [2.24, 2.45) is 0 Å². The molecule has 0 spiro atoms. The Balaban J connectivity index is 0.756. The minimum atomic E-state index is -1.04. The first-order chi connectivity index (χ1) is 29.7. The van der Waals surface area contributed by atoms with E-state index in [0.717, 1.165) is 4.90 Å². The molecule has 316 valence electrons. The van der Waals surface area contributed by atoms with Gasteiger partial charge in [0.15, 0.2) is 5.78 Å². The largest absolute Gasteiger partial charge is 0.457 e. The summed E-state index contributed by atoms with van der Waals surface area (Å²) in [5, 5.41) is 11.7. The number of rotatable bonds is 21. The van der Waals surface area contributed by atoms with Gasteiger partial charge in [0.05, 0.1) is 73.3 Å². The number of piperidine rings is 1. The number of amides is 5. The lowest BCUT2D eigenvalue weighted by atomic mass is 10.0. The molecule has 5 amide bonds. The van der Waals surface area contributed by atoms with Crippen molar-refractivity contribution in [2.75, 3.05) is 69.9 Å². The van der Waals surface area contributed by atoms with Crippen LogP contribution in [0.5, 0.6) is 11.5 Å². The molecule has 1 unspecified atom stereocenters. The van der Waals surface area contributed by atoms with Crippen LogP contribution in [0.25, 0.3) is 11.0 Å². The summed E-state index contributed by atoms with van der Waals surface area (Å²) >= 11 is 6.52. The van der Waals surface area contributed by atoms with Crippen molar-refractivity contribution in [1.82, 2.24) is 30.5 Å². The number of hydrogen-bond acceptors (Lipinski definition) is 14. The van der Waals surface area contributed by atoms with Crippen LogP contribution in [0.15, 0.2) is 79.3 Å². The van der Waals surface area contributed by atoms with Gasteiger partial charge in [0.25, 0.3) is 11.8 Å². The number of halogens is 1. The first-order valence-corrected chi connectivity index (χ1v) is 19.8. The van der Waals surface area contributed by atoms with Crippen LogP contribution in [0.3, 0.4) is 0 Å². The molecule has 2 aliphatic heterocycles. The molecule has 3 aromatic carbocycles. The van der Waals surface area contributed by atoms with E-state index in [0.29, 0.717) is 73.6 Å². The zero-order chi connectivity index (χ0) is 42.7. The highest BCUT2D eigenvalue weighted by Crippen LogP contribution is 2.33. The summed E-state index contributed by atoms with van der Waals surface area (Å²) < 4.78 is 22.5. The van der Waals surface area contributed by atoms with E-state index in [1.807, 2.05) is 30.3 Å². The van der Waals surface area contributed by atoms with Crippen molar-refractivity contribution in [3.63, 3.8) is 0 Å². The topological polar surface area (TPSA) is 232 Å². The van der Waals surface area contributed by atoms with E-state index in [4.69, 9.17) is 30.5 Å². The van der Waals surface area contributed by atoms with Crippen molar-refractivity contribution in [3.05, 3.63) is 107 Å². The lowest BCUT2D eigenvalue weighted by molar-refractivity contribution is -0.136. The second kappa shape index (κ2) is 20.0. The predicted molar refractivity (Wildman–Crippen MR) is 221 cm³/mol. The molecule has 5 aromatic rings. The van der Waals surface area contributed by atoms with Gasteiger partial charge in [0.2, 0.25) is 17.7 Å². The number of H-pyrrole nitrogens is 1. The number of aromatic amines is 1. The van der Waals surface area contributed by atoms with Crippen molar-refractivity contribution in [2.45, 2.75) is 18.9 Å². The Labute approximate surface area is 353 Å². The molecule has 18 nitrogen and oxygen atoms in total. The van der Waals surface area contributed by atoms with Crippen molar-refractivity contribution < 1.29 is 47.7 Å². The highest BCUT2D eigenvalue weighted by atomic mass is 35.5. The summed E-state index contributed by atoms with van der Waals surface area (Å²) in [7, 11) is 0. The van der Waals surface area contributed by atoms with E-state index in [9.17, 15) is 28.8 Å². The van der Waals surface area contributed by atoms with Crippen molar-refractivity contribution >= 4 is 69.5 Å². The quantitative estimate of drug-likeness (QED) is 0.0403.